The van der Waals surface area contributed by atoms with Gasteiger partial charge in [0.25, 0.3) is 0 Å². The van der Waals surface area contributed by atoms with Gasteiger partial charge in [-0.3, -0.25) is 9.69 Å². The zero-order valence-corrected chi connectivity index (χ0v) is 13.9. The molecule has 1 fully saturated rings. The third kappa shape index (κ3) is 5.54. The maximum absolute atomic E-state index is 12.5. The first-order valence-electron chi connectivity index (χ1n) is 8.13. The number of anilines is 1. The van der Waals surface area contributed by atoms with Crippen LogP contribution in [-0.4, -0.2) is 72.4 Å². The molecule has 8 heteroatoms. The van der Waals surface area contributed by atoms with Gasteiger partial charge in [0.05, 0.1) is 19.8 Å². The van der Waals surface area contributed by atoms with Gasteiger partial charge < -0.3 is 19.8 Å². The Hall–Kier alpha value is -2.45. The van der Waals surface area contributed by atoms with Crippen LogP contribution in [0.2, 0.25) is 0 Å². The highest BCUT2D eigenvalue weighted by molar-refractivity contribution is 6.27. The zero-order chi connectivity index (χ0) is 18.2. The second-order valence-corrected chi connectivity index (χ2v) is 5.78. The van der Waals surface area contributed by atoms with E-state index in [1.54, 1.807) is 0 Å². The minimum Gasteiger partial charge on any atom is -0.473 e. The summed E-state index contributed by atoms with van der Waals surface area (Å²) in [4.78, 5) is 34.8. The summed E-state index contributed by atoms with van der Waals surface area (Å²) in [5, 5.41) is 14.8. The number of carboxylic acids is 2. The third-order valence-electron chi connectivity index (χ3n) is 4.06. The zero-order valence-electron chi connectivity index (χ0n) is 13.9. The number of ether oxygens (including phenoxy) is 1. The molecule has 2 N–H and O–H groups in total. The van der Waals surface area contributed by atoms with Gasteiger partial charge in [0.2, 0.25) is 5.91 Å². The lowest BCUT2D eigenvalue weighted by Gasteiger charge is -2.32. The number of carbonyl (C=O) groups excluding carboxylic acids is 1. The summed E-state index contributed by atoms with van der Waals surface area (Å²) in [6.07, 6.45) is 2.14. The van der Waals surface area contributed by atoms with Crippen LogP contribution >= 0.6 is 0 Å². The van der Waals surface area contributed by atoms with Crippen molar-refractivity contribution >= 4 is 23.5 Å². The van der Waals surface area contributed by atoms with E-state index in [4.69, 9.17) is 24.5 Å². The van der Waals surface area contributed by atoms with E-state index in [9.17, 15) is 4.79 Å². The van der Waals surface area contributed by atoms with Crippen LogP contribution in [0.15, 0.2) is 24.3 Å². The maximum Gasteiger partial charge on any atom is 0.414 e. The molecule has 0 aromatic heterocycles. The molecule has 136 valence electrons. The first-order chi connectivity index (χ1) is 12.0. The molecule has 0 aliphatic carbocycles. The SMILES string of the molecule is O=C(CN1CCOCC1)N1CCCc2ccccc21.O=C(O)C(=O)O. The van der Waals surface area contributed by atoms with Crippen molar-refractivity contribution in [3.63, 3.8) is 0 Å². The average molecular weight is 350 g/mol. The lowest BCUT2D eigenvalue weighted by atomic mass is 10.0. The van der Waals surface area contributed by atoms with E-state index in [1.807, 2.05) is 11.0 Å². The van der Waals surface area contributed by atoms with Crippen molar-refractivity contribution < 1.29 is 29.3 Å². The number of hydrogen-bond acceptors (Lipinski definition) is 5. The predicted molar refractivity (Wildman–Crippen MR) is 89.6 cm³/mol. The first kappa shape index (κ1) is 18.9. The number of morpholine rings is 1. The maximum atomic E-state index is 12.5. The van der Waals surface area contributed by atoms with E-state index in [2.05, 4.69) is 23.1 Å². The topological polar surface area (TPSA) is 107 Å². The molecule has 3 rings (SSSR count). The van der Waals surface area contributed by atoms with Crippen molar-refractivity contribution in [2.24, 2.45) is 0 Å². The van der Waals surface area contributed by atoms with Crippen LogP contribution in [0.25, 0.3) is 0 Å². The summed E-state index contributed by atoms with van der Waals surface area (Å²) in [7, 11) is 0. The largest absolute Gasteiger partial charge is 0.473 e. The van der Waals surface area contributed by atoms with Gasteiger partial charge in [-0.25, -0.2) is 9.59 Å². The molecule has 8 nitrogen and oxygen atoms in total. The van der Waals surface area contributed by atoms with Crippen molar-refractivity contribution in [3.8, 4) is 0 Å². The quantitative estimate of drug-likeness (QED) is 0.746. The van der Waals surface area contributed by atoms with Gasteiger partial charge in [0.1, 0.15) is 0 Å². The molecular weight excluding hydrogens is 328 g/mol. The van der Waals surface area contributed by atoms with E-state index >= 15 is 0 Å². The van der Waals surface area contributed by atoms with Crippen molar-refractivity contribution in [2.45, 2.75) is 12.8 Å². The first-order valence-corrected chi connectivity index (χ1v) is 8.13. The molecule has 25 heavy (non-hydrogen) atoms. The second-order valence-electron chi connectivity index (χ2n) is 5.78. The second kappa shape index (κ2) is 9.14. The standard InChI is InChI=1S/C15H20N2O2.C2H2O4/c18-15(12-16-8-10-19-11-9-16)17-7-3-5-13-4-1-2-6-14(13)17;3-1(4)2(5)6/h1-2,4,6H,3,5,7-12H2;(H,3,4)(H,5,6). The van der Waals surface area contributed by atoms with Gasteiger partial charge in [-0.05, 0) is 24.5 Å². The van der Waals surface area contributed by atoms with Gasteiger partial charge in [0, 0.05) is 25.3 Å². The van der Waals surface area contributed by atoms with E-state index in [1.165, 1.54) is 5.56 Å². The highest BCUT2D eigenvalue weighted by Crippen LogP contribution is 2.26. The number of rotatable bonds is 2. The fourth-order valence-electron chi connectivity index (χ4n) is 2.83. The van der Waals surface area contributed by atoms with E-state index < -0.39 is 11.9 Å². The molecule has 2 heterocycles. The van der Waals surface area contributed by atoms with Crippen LogP contribution < -0.4 is 4.90 Å². The van der Waals surface area contributed by atoms with Gasteiger partial charge >= 0.3 is 11.9 Å². The normalized spacial score (nSPS) is 17.0. The summed E-state index contributed by atoms with van der Waals surface area (Å²) in [5.41, 5.74) is 2.40. The molecule has 0 unspecified atom stereocenters. The Morgan fingerprint density at radius 3 is 2.28 bits per heavy atom. The van der Waals surface area contributed by atoms with Crippen LogP contribution in [0, 0.1) is 0 Å². The van der Waals surface area contributed by atoms with Crippen molar-refractivity contribution in [2.75, 3.05) is 44.3 Å². The predicted octanol–water partition coefficient (Wildman–Crippen LogP) is 0.454. The number of aryl methyl sites for hydroxylation is 1. The van der Waals surface area contributed by atoms with Crippen molar-refractivity contribution in [1.82, 2.24) is 4.90 Å². The third-order valence-corrected chi connectivity index (χ3v) is 4.06. The average Bonchev–Trinajstić information content (AvgIpc) is 2.62. The number of para-hydroxylation sites is 1. The van der Waals surface area contributed by atoms with E-state index in [-0.39, 0.29) is 5.91 Å². The van der Waals surface area contributed by atoms with Gasteiger partial charge in [0.15, 0.2) is 0 Å². The van der Waals surface area contributed by atoms with Gasteiger partial charge in [-0.2, -0.15) is 0 Å². The summed E-state index contributed by atoms with van der Waals surface area (Å²) in [6.45, 7) is 4.56. The van der Waals surface area contributed by atoms with Crippen LogP contribution in [0.1, 0.15) is 12.0 Å². The monoisotopic (exact) mass is 350 g/mol. The Labute approximate surface area is 145 Å². The highest BCUT2D eigenvalue weighted by atomic mass is 16.5. The number of amides is 1. The molecule has 2 aliphatic rings. The molecule has 0 saturated carbocycles. The van der Waals surface area contributed by atoms with Crippen molar-refractivity contribution in [1.29, 1.82) is 0 Å². The summed E-state index contributed by atoms with van der Waals surface area (Å²) in [5.74, 6) is -3.43. The summed E-state index contributed by atoms with van der Waals surface area (Å²) >= 11 is 0. The number of aliphatic carboxylic acids is 2. The number of hydrogen-bond donors (Lipinski definition) is 2. The number of carbonyl (C=O) groups is 3. The van der Waals surface area contributed by atoms with Crippen molar-refractivity contribution in [3.05, 3.63) is 29.8 Å². The van der Waals surface area contributed by atoms with Crippen LogP contribution in [0.3, 0.4) is 0 Å². The Morgan fingerprint density at radius 1 is 1.00 bits per heavy atom. The lowest BCUT2D eigenvalue weighted by molar-refractivity contribution is -0.159. The van der Waals surface area contributed by atoms with E-state index in [0.717, 1.165) is 51.4 Å². The molecule has 2 aliphatic heterocycles. The molecular formula is C17H22N2O6. The Kier molecular flexibility index (Phi) is 6.91. The number of benzene rings is 1. The fraction of sp³-hybridized carbons (Fsp3) is 0.471. The smallest absolute Gasteiger partial charge is 0.414 e. The minimum absolute atomic E-state index is 0.217. The molecule has 1 aromatic carbocycles. The number of carboxylic acid groups (broad SMARTS) is 2. The molecule has 1 amide bonds. The Bertz CT molecular complexity index is 615. The Balaban J connectivity index is 0.000000326. The van der Waals surface area contributed by atoms with Crippen LogP contribution in [-0.2, 0) is 25.5 Å². The summed E-state index contributed by atoms with van der Waals surface area (Å²) < 4.78 is 5.32. The van der Waals surface area contributed by atoms with Gasteiger partial charge in [-0.1, -0.05) is 18.2 Å². The van der Waals surface area contributed by atoms with Gasteiger partial charge in [-0.15, -0.1) is 0 Å². The number of fused-ring (bicyclic) bond motifs is 1. The molecule has 0 atom stereocenters. The lowest BCUT2D eigenvalue weighted by Crippen LogP contribution is -2.46. The molecule has 0 radical (unpaired) electrons. The van der Waals surface area contributed by atoms with E-state index in [0.29, 0.717) is 6.54 Å². The molecule has 0 bridgehead atoms. The Morgan fingerprint density at radius 2 is 1.64 bits per heavy atom. The minimum atomic E-state index is -1.82. The molecule has 1 aromatic rings. The molecule has 0 spiro atoms. The number of nitrogens with zero attached hydrogens (tertiary/aromatic N) is 2. The molecule has 1 saturated heterocycles. The van der Waals surface area contributed by atoms with Crippen LogP contribution in [0.4, 0.5) is 5.69 Å². The fourth-order valence-corrected chi connectivity index (χ4v) is 2.83. The summed E-state index contributed by atoms with van der Waals surface area (Å²) in [6, 6.07) is 8.25. The van der Waals surface area contributed by atoms with Crippen LogP contribution in [0.5, 0.6) is 0 Å². The highest BCUT2D eigenvalue weighted by Gasteiger charge is 2.24.